The smallest absolute Gasteiger partial charge is 0.327 e. The molecule has 0 aromatic heterocycles. The Kier molecular flexibility index (Phi) is 30.1. The van der Waals surface area contributed by atoms with Gasteiger partial charge in [0.1, 0.15) is 11.8 Å². The zero-order chi connectivity index (χ0) is 38.9. The van der Waals surface area contributed by atoms with Crippen LogP contribution >= 0.6 is 0 Å². The number of hydrogen-bond donors (Lipinski definition) is 3. The van der Waals surface area contributed by atoms with Crippen LogP contribution in [0.15, 0.2) is 30.3 Å². The summed E-state index contributed by atoms with van der Waals surface area (Å²) in [5, 5.41) is 12.8. The molecule has 53 heavy (non-hydrogen) atoms. The lowest BCUT2D eigenvalue weighted by molar-refractivity contribution is -0.144. The number of amides is 1. The predicted molar refractivity (Wildman–Crippen MR) is 221 cm³/mol. The number of unbranched alkanes of at least 4 members (excludes halogenated alkanes) is 24. The first-order chi connectivity index (χ1) is 25.7. The van der Waals surface area contributed by atoms with Gasteiger partial charge in [-0.15, -0.1) is 0 Å². The summed E-state index contributed by atoms with van der Waals surface area (Å²) in [5.41, 5.74) is 6.42. The van der Waals surface area contributed by atoms with Gasteiger partial charge >= 0.3 is 5.97 Å². The van der Waals surface area contributed by atoms with Crippen molar-refractivity contribution in [1.29, 1.82) is 0 Å². The summed E-state index contributed by atoms with van der Waals surface area (Å²) in [4.78, 5) is 52.6. The van der Waals surface area contributed by atoms with Crippen LogP contribution in [-0.2, 0) is 19.2 Å². The molecule has 1 amide bonds. The summed E-state index contributed by atoms with van der Waals surface area (Å²) in [7, 11) is 0. The number of rotatable bonds is 37. The molecule has 0 heterocycles. The van der Waals surface area contributed by atoms with Gasteiger partial charge in [-0.25, -0.2) is 4.79 Å². The third-order valence-electron chi connectivity index (χ3n) is 10.9. The van der Waals surface area contributed by atoms with Crippen LogP contribution in [0, 0.1) is 5.92 Å². The van der Waals surface area contributed by atoms with Gasteiger partial charge in [-0.05, 0) is 25.3 Å². The number of nitrogens with one attached hydrogen (secondary N) is 1. The molecule has 0 fully saturated rings. The largest absolute Gasteiger partial charge is 0.480 e. The third kappa shape index (κ3) is 24.5. The Morgan fingerprint density at radius 1 is 0.604 bits per heavy atom. The second-order valence-electron chi connectivity index (χ2n) is 15.9. The summed E-state index contributed by atoms with van der Waals surface area (Å²) in [6, 6.07) is 6.25. The van der Waals surface area contributed by atoms with Crippen molar-refractivity contribution in [2.45, 2.75) is 225 Å². The molecular formula is C46H80N2O5. The van der Waals surface area contributed by atoms with E-state index in [-0.39, 0.29) is 12.2 Å². The average Bonchev–Trinajstić information content (AvgIpc) is 3.14. The maximum absolute atomic E-state index is 13.5. The van der Waals surface area contributed by atoms with Crippen molar-refractivity contribution in [3.05, 3.63) is 35.9 Å². The van der Waals surface area contributed by atoms with Gasteiger partial charge in [0, 0.05) is 18.8 Å². The Labute approximate surface area is 324 Å². The van der Waals surface area contributed by atoms with Crippen molar-refractivity contribution >= 4 is 23.4 Å². The molecule has 0 saturated carbocycles. The number of carboxylic acid groups (broad SMARTS) is 1. The maximum atomic E-state index is 13.5. The molecule has 1 rings (SSSR count). The minimum Gasteiger partial charge on any atom is -0.480 e. The molecule has 2 unspecified atom stereocenters. The summed E-state index contributed by atoms with van der Waals surface area (Å²) in [6.45, 7) is 6.04. The highest BCUT2D eigenvalue weighted by molar-refractivity contribution is 5.97. The predicted octanol–water partition coefficient (Wildman–Crippen LogP) is 11.8. The van der Waals surface area contributed by atoms with Crippen molar-refractivity contribution in [2.75, 3.05) is 0 Å². The molecule has 0 aliphatic rings. The Hall–Kier alpha value is -2.54. The van der Waals surface area contributed by atoms with E-state index in [0.29, 0.717) is 18.4 Å². The number of carbonyl (C=O) groups is 4. The normalized spacial score (nSPS) is 13.7. The Balaban J connectivity index is 2.65. The second-order valence-corrected chi connectivity index (χ2v) is 15.9. The zero-order valence-electron chi connectivity index (χ0n) is 34.4. The molecule has 0 aliphatic carbocycles. The number of benzene rings is 1. The van der Waals surface area contributed by atoms with E-state index in [0.717, 1.165) is 38.5 Å². The quantitative estimate of drug-likeness (QED) is 0.0583. The van der Waals surface area contributed by atoms with Gasteiger partial charge in [-0.1, -0.05) is 205 Å². The molecule has 0 spiro atoms. The lowest BCUT2D eigenvalue weighted by atomic mass is 9.84. The van der Waals surface area contributed by atoms with Gasteiger partial charge in [0.15, 0.2) is 5.78 Å². The molecule has 0 saturated heterocycles. The summed E-state index contributed by atoms with van der Waals surface area (Å²) >= 11 is 0. The number of carbonyl (C=O) groups excluding carboxylic acids is 3. The highest BCUT2D eigenvalue weighted by atomic mass is 16.4. The monoisotopic (exact) mass is 741 g/mol. The van der Waals surface area contributed by atoms with Gasteiger partial charge in [-0.2, -0.15) is 0 Å². The summed E-state index contributed by atoms with van der Waals surface area (Å²) in [5.74, 6) is -3.74. The minimum atomic E-state index is -1.48. The van der Waals surface area contributed by atoms with E-state index in [2.05, 4.69) is 19.2 Å². The van der Waals surface area contributed by atoms with Crippen LogP contribution < -0.4 is 11.1 Å². The van der Waals surface area contributed by atoms with Crippen LogP contribution in [0.2, 0.25) is 0 Å². The fraction of sp³-hybridized carbons (Fsp3) is 0.783. The van der Waals surface area contributed by atoms with E-state index in [4.69, 9.17) is 5.73 Å². The number of ketones is 2. The van der Waals surface area contributed by atoms with Crippen molar-refractivity contribution in [1.82, 2.24) is 5.32 Å². The van der Waals surface area contributed by atoms with Gasteiger partial charge in [0.2, 0.25) is 5.91 Å². The first-order valence-corrected chi connectivity index (χ1v) is 22.1. The molecule has 0 bridgehead atoms. The lowest BCUT2D eigenvalue weighted by Crippen LogP contribution is -2.50. The van der Waals surface area contributed by atoms with Crippen LogP contribution in [0.25, 0.3) is 0 Å². The van der Waals surface area contributed by atoms with E-state index >= 15 is 0 Å². The van der Waals surface area contributed by atoms with Gasteiger partial charge in [-0.3, -0.25) is 14.4 Å². The van der Waals surface area contributed by atoms with Crippen LogP contribution in [-0.4, -0.2) is 40.6 Å². The average molecular weight is 741 g/mol. The number of aliphatic carboxylic acids is 1. The SMILES string of the molecule is CCCCCCCCCCCCCCCC(=O)C(CCCCCCCCCCCCCCC)CC(=O)N[C@H](C(=O)O)C(C(=O)[C@H](C)N)c1ccccc1. The Morgan fingerprint density at radius 2 is 1.00 bits per heavy atom. The fourth-order valence-corrected chi connectivity index (χ4v) is 7.51. The molecule has 1 aromatic carbocycles. The van der Waals surface area contributed by atoms with E-state index in [1.165, 1.54) is 135 Å². The maximum Gasteiger partial charge on any atom is 0.327 e. The topological polar surface area (TPSA) is 127 Å². The highest BCUT2D eigenvalue weighted by Crippen LogP contribution is 2.25. The Bertz CT molecular complexity index is 1070. The van der Waals surface area contributed by atoms with Crippen molar-refractivity contribution in [3.63, 3.8) is 0 Å². The summed E-state index contributed by atoms with van der Waals surface area (Å²) in [6.07, 6.45) is 33.3. The molecule has 7 heteroatoms. The first kappa shape index (κ1) is 48.5. The summed E-state index contributed by atoms with van der Waals surface area (Å²) < 4.78 is 0. The van der Waals surface area contributed by atoms with Crippen molar-refractivity contribution in [2.24, 2.45) is 11.7 Å². The van der Waals surface area contributed by atoms with Crippen LogP contribution in [0.5, 0.6) is 0 Å². The van der Waals surface area contributed by atoms with E-state index in [1.807, 2.05) is 0 Å². The lowest BCUT2D eigenvalue weighted by Gasteiger charge is -2.26. The van der Waals surface area contributed by atoms with E-state index in [9.17, 15) is 24.3 Å². The Morgan fingerprint density at radius 3 is 1.40 bits per heavy atom. The molecule has 4 N–H and O–H groups in total. The number of carboxylic acids is 1. The van der Waals surface area contributed by atoms with Gasteiger partial charge in [0.05, 0.1) is 12.0 Å². The number of Topliss-reactive ketones (excluding diaryl/α,β-unsaturated/α-hetero) is 2. The highest BCUT2D eigenvalue weighted by Gasteiger charge is 2.38. The molecule has 4 atom stereocenters. The number of nitrogens with two attached hydrogens (primary N) is 1. The van der Waals surface area contributed by atoms with Gasteiger partial charge < -0.3 is 16.2 Å². The first-order valence-electron chi connectivity index (χ1n) is 22.1. The van der Waals surface area contributed by atoms with Crippen molar-refractivity contribution < 1.29 is 24.3 Å². The van der Waals surface area contributed by atoms with Crippen molar-refractivity contribution in [3.8, 4) is 0 Å². The third-order valence-corrected chi connectivity index (χ3v) is 10.9. The zero-order valence-corrected chi connectivity index (χ0v) is 34.4. The van der Waals surface area contributed by atoms with Crippen LogP contribution in [0.1, 0.15) is 218 Å². The number of hydrogen-bond acceptors (Lipinski definition) is 5. The van der Waals surface area contributed by atoms with E-state index in [1.54, 1.807) is 30.3 Å². The molecule has 0 aliphatic heterocycles. The second kappa shape index (κ2) is 32.9. The van der Waals surface area contributed by atoms with Crippen LogP contribution in [0.4, 0.5) is 0 Å². The van der Waals surface area contributed by atoms with E-state index < -0.39 is 41.6 Å². The molecule has 0 radical (unpaired) electrons. The molecular weight excluding hydrogens is 661 g/mol. The fourth-order valence-electron chi connectivity index (χ4n) is 7.51. The molecule has 304 valence electrons. The molecule has 7 nitrogen and oxygen atoms in total. The molecule has 1 aromatic rings. The van der Waals surface area contributed by atoms with Gasteiger partial charge in [0.25, 0.3) is 0 Å². The minimum absolute atomic E-state index is 0.0623. The van der Waals surface area contributed by atoms with Crippen LogP contribution in [0.3, 0.4) is 0 Å². The standard InChI is InChI=1S/C46H80N2O5/c1-4-6-8-10-12-14-16-18-20-22-24-26-29-35-40(41(49)36-32-27-25-23-21-19-17-15-13-11-9-7-5-2)37-42(50)48-44(46(52)53)43(45(51)38(3)47)39-33-30-28-31-34-39/h28,30-31,33-34,38,40,43-44H,4-27,29,32,35-37,47H2,1-3H3,(H,48,50)(H,52,53)/t38-,40?,43?,44-/m0/s1.